The molecule has 106 valence electrons. The second-order valence-electron chi connectivity index (χ2n) is 6.48. The van der Waals surface area contributed by atoms with Gasteiger partial charge in [0.25, 0.3) is 0 Å². The first-order valence-corrected chi connectivity index (χ1v) is 6.67. The normalized spacial score (nSPS) is 24.8. The molecule has 5 nitrogen and oxygen atoms in total. The van der Waals surface area contributed by atoms with Crippen molar-refractivity contribution < 1.29 is 14.3 Å². The van der Waals surface area contributed by atoms with Crippen LogP contribution in [0.4, 0.5) is 0 Å². The minimum absolute atomic E-state index is 0.0485. The number of rotatable bonds is 3. The smallest absolute Gasteiger partial charge is 0.308 e. The predicted molar refractivity (Wildman–Crippen MR) is 70.8 cm³/mol. The van der Waals surface area contributed by atoms with Crippen molar-refractivity contribution in [3.63, 3.8) is 0 Å². The molecule has 0 radical (unpaired) electrons. The van der Waals surface area contributed by atoms with Gasteiger partial charge in [-0.3, -0.25) is 9.69 Å². The van der Waals surface area contributed by atoms with Crippen LogP contribution in [0.3, 0.4) is 0 Å². The van der Waals surface area contributed by atoms with Gasteiger partial charge in [0.15, 0.2) is 0 Å². The van der Waals surface area contributed by atoms with Crippen molar-refractivity contribution in [2.45, 2.75) is 39.7 Å². The van der Waals surface area contributed by atoms with E-state index >= 15 is 0 Å². The first-order chi connectivity index (χ1) is 8.77. The summed E-state index contributed by atoms with van der Waals surface area (Å²) in [5.41, 5.74) is -0.0485. The Hall–Kier alpha value is -1.36. The van der Waals surface area contributed by atoms with Crippen molar-refractivity contribution >= 4 is 5.97 Å². The minimum atomic E-state index is -0.710. The van der Waals surface area contributed by atoms with Crippen molar-refractivity contribution in [2.75, 3.05) is 13.1 Å². The topological polar surface area (TPSA) is 66.6 Å². The standard InChI is InChI=1S/C14H22N2O3/c1-9-6-16(7-10(9)13(17)18)8-12-15-5-11(19-12)14(2,3)4/h5,9-10H,6-8H2,1-4H3,(H,17,18). The zero-order chi connectivity index (χ0) is 14.2. The van der Waals surface area contributed by atoms with Crippen LogP contribution in [-0.2, 0) is 16.8 Å². The van der Waals surface area contributed by atoms with E-state index in [1.807, 2.05) is 6.92 Å². The van der Waals surface area contributed by atoms with Gasteiger partial charge in [-0.05, 0) is 5.92 Å². The first kappa shape index (κ1) is 14.1. The van der Waals surface area contributed by atoms with Crippen LogP contribution in [0, 0.1) is 11.8 Å². The van der Waals surface area contributed by atoms with Gasteiger partial charge in [0.1, 0.15) is 5.76 Å². The molecular formula is C14H22N2O3. The lowest BCUT2D eigenvalue weighted by Gasteiger charge is -2.14. The van der Waals surface area contributed by atoms with Crippen LogP contribution < -0.4 is 0 Å². The van der Waals surface area contributed by atoms with Crippen molar-refractivity contribution in [3.05, 3.63) is 17.8 Å². The fourth-order valence-electron chi connectivity index (χ4n) is 2.44. The summed E-state index contributed by atoms with van der Waals surface area (Å²) < 4.78 is 5.74. The number of oxazole rings is 1. The number of hydrogen-bond donors (Lipinski definition) is 1. The molecule has 2 rings (SSSR count). The molecule has 0 aliphatic carbocycles. The lowest BCUT2D eigenvalue weighted by molar-refractivity contribution is -0.142. The van der Waals surface area contributed by atoms with Crippen LogP contribution in [0.25, 0.3) is 0 Å². The molecule has 1 aromatic rings. The Morgan fingerprint density at radius 2 is 2.21 bits per heavy atom. The molecule has 19 heavy (non-hydrogen) atoms. The van der Waals surface area contributed by atoms with E-state index in [1.54, 1.807) is 6.20 Å². The van der Waals surface area contributed by atoms with Gasteiger partial charge < -0.3 is 9.52 Å². The van der Waals surface area contributed by atoms with E-state index in [0.29, 0.717) is 19.0 Å². The van der Waals surface area contributed by atoms with E-state index in [0.717, 1.165) is 12.3 Å². The van der Waals surface area contributed by atoms with E-state index in [2.05, 4.69) is 30.7 Å². The SMILES string of the molecule is CC1CN(Cc2ncc(C(C)(C)C)o2)CC1C(=O)O. The summed E-state index contributed by atoms with van der Waals surface area (Å²) in [5, 5.41) is 9.11. The van der Waals surface area contributed by atoms with Crippen LogP contribution in [-0.4, -0.2) is 34.0 Å². The van der Waals surface area contributed by atoms with Gasteiger partial charge in [0, 0.05) is 18.5 Å². The maximum absolute atomic E-state index is 11.1. The number of carbonyl (C=O) groups is 1. The van der Waals surface area contributed by atoms with E-state index in [1.165, 1.54) is 0 Å². The number of likely N-dealkylation sites (tertiary alicyclic amines) is 1. The second-order valence-corrected chi connectivity index (χ2v) is 6.48. The summed E-state index contributed by atoms with van der Waals surface area (Å²) in [4.78, 5) is 17.5. The second kappa shape index (κ2) is 4.96. The Morgan fingerprint density at radius 1 is 1.53 bits per heavy atom. The van der Waals surface area contributed by atoms with E-state index in [9.17, 15) is 4.79 Å². The van der Waals surface area contributed by atoms with Crippen molar-refractivity contribution in [1.29, 1.82) is 0 Å². The van der Waals surface area contributed by atoms with Gasteiger partial charge >= 0.3 is 5.97 Å². The first-order valence-electron chi connectivity index (χ1n) is 6.67. The zero-order valence-corrected chi connectivity index (χ0v) is 12.0. The third kappa shape index (κ3) is 3.15. The van der Waals surface area contributed by atoms with Crippen LogP contribution in [0.1, 0.15) is 39.3 Å². The molecule has 2 atom stereocenters. The Kier molecular flexibility index (Phi) is 3.67. The Bertz CT molecular complexity index is 462. The van der Waals surface area contributed by atoms with Crippen molar-refractivity contribution in [2.24, 2.45) is 11.8 Å². The summed E-state index contributed by atoms with van der Waals surface area (Å²) in [6.07, 6.45) is 1.77. The van der Waals surface area contributed by atoms with Gasteiger partial charge in [0.05, 0.1) is 18.7 Å². The number of nitrogens with zero attached hydrogens (tertiary/aromatic N) is 2. The molecule has 1 aromatic heterocycles. The average Bonchev–Trinajstić information content (AvgIpc) is 2.85. The number of hydrogen-bond acceptors (Lipinski definition) is 4. The summed E-state index contributed by atoms with van der Waals surface area (Å²) >= 11 is 0. The number of carboxylic acid groups (broad SMARTS) is 1. The van der Waals surface area contributed by atoms with E-state index in [4.69, 9.17) is 9.52 Å². The van der Waals surface area contributed by atoms with Crippen molar-refractivity contribution in [3.8, 4) is 0 Å². The van der Waals surface area contributed by atoms with Crippen LogP contribution in [0.15, 0.2) is 10.6 Å². The summed E-state index contributed by atoms with van der Waals surface area (Å²) in [5.74, 6) is 0.720. The maximum atomic E-state index is 11.1. The lowest BCUT2D eigenvalue weighted by Crippen LogP contribution is -2.23. The molecule has 1 aliphatic rings. The van der Waals surface area contributed by atoms with Crippen LogP contribution >= 0.6 is 0 Å². The van der Waals surface area contributed by atoms with Gasteiger partial charge in [-0.25, -0.2) is 4.98 Å². The average molecular weight is 266 g/mol. The molecule has 0 amide bonds. The molecule has 0 aromatic carbocycles. The van der Waals surface area contributed by atoms with E-state index < -0.39 is 5.97 Å². The largest absolute Gasteiger partial charge is 0.481 e. The molecule has 1 aliphatic heterocycles. The van der Waals surface area contributed by atoms with Gasteiger partial charge in [-0.15, -0.1) is 0 Å². The quantitative estimate of drug-likeness (QED) is 0.907. The third-order valence-electron chi connectivity index (χ3n) is 3.66. The molecule has 5 heteroatoms. The van der Waals surface area contributed by atoms with E-state index in [-0.39, 0.29) is 17.3 Å². The molecule has 1 N–H and O–H groups in total. The van der Waals surface area contributed by atoms with Gasteiger partial charge in [0.2, 0.25) is 5.89 Å². The molecule has 0 saturated carbocycles. The third-order valence-corrected chi connectivity index (χ3v) is 3.66. The Labute approximate surface area is 113 Å². The summed E-state index contributed by atoms with van der Waals surface area (Å²) in [6.45, 7) is 10.2. The summed E-state index contributed by atoms with van der Waals surface area (Å²) in [6, 6.07) is 0. The lowest BCUT2D eigenvalue weighted by atomic mass is 9.94. The Balaban J connectivity index is 1.99. The summed E-state index contributed by atoms with van der Waals surface area (Å²) in [7, 11) is 0. The number of aromatic nitrogens is 1. The highest BCUT2D eigenvalue weighted by Crippen LogP contribution is 2.26. The van der Waals surface area contributed by atoms with Crippen LogP contribution in [0.2, 0.25) is 0 Å². The fourth-order valence-corrected chi connectivity index (χ4v) is 2.44. The molecule has 1 fully saturated rings. The highest BCUT2D eigenvalue weighted by Gasteiger charge is 2.35. The highest BCUT2D eigenvalue weighted by atomic mass is 16.4. The predicted octanol–water partition coefficient (Wildman–Crippen LogP) is 2.12. The molecule has 2 unspecified atom stereocenters. The molecule has 2 heterocycles. The monoisotopic (exact) mass is 266 g/mol. The minimum Gasteiger partial charge on any atom is -0.481 e. The van der Waals surface area contributed by atoms with Gasteiger partial charge in [-0.2, -0.15) is 0 Å². The number of carboxylic acids is 1. The molecular weight excluding hydrogens is 244 g/mol. The fraction of sp³-hybridized carbons (Fsp3) is 0.714. The molecule has 0 spiro atoms. The Morgan fingerprint density at radius 3 is 2.68 bits per heavy atom. The maximum Gasteiger partial charge on any atom is 0.308 e. The molecule has 1 saturated heterocycles. The van der Waals surface area contributed by atoms with Crippen molar-refractivity contribution in [1.82, 2.24) is 9.88 Å². The highest BCUT2D eigenvalue weighted by molar-refractivity contribution is 5.71. The van der Waals surface area contributed by atoms with Gasteiger partial charge in [-0.1, -0.05) is 27.7 Å². The zero-order valence-electron chi connectivity index (χ0n) is 12.0. The number of aliphatic carboxylic acids is 1. The molecule has 0 bridgehead atoms. The van der Waals surface area contributed by atoms with Crippen LogP contribution in [0.5, 0.6) is 0 Å².